The van der Waals surface area contributed by atoms with E-state index in [1.165, 1.54) is 17.4 Å². The van der Waals surface area contributed by atoms with Gasteiger partial charge in [-0.25, -0.2) is 18.4 Å². The fourth-order valence-electron chi connectivity index (χ4n) is 2.86. The van der Waals surface area contributed by atoms with Crippen LogP contribution in [0, 0.1) is 11.6 Å². The van der Waals surface area contributed by atoms with Crippen molar-refractivity contribution in [1.82, 2.24) is 9.27 Å². The van der Waals surface area contributed by atoms with Gasteiger partial charge in [0.15, 0.2) is 5.69 Å². The van der Waals surface area contributed by atoms with Crippen molar-refractivity contribution in [3.8, 4) is 0 Å². The van der Waals surface area contributed by atoms with E-state index in [1.807, 2.05) is 0 Å². The highest BCUT2D eigenvalue weighted by Crippen LogP contribution is 2.34. The van der Waals surface area contributed by atoms with Crippen LogP contribution in [0.15, 0.2) is 23.6 Å². The summed E-state index contributed by atoms with van der Waals surface area (Å²) in [5.74, 6) is -1.78. The quantitative estimate of drug-likeness (QED) is 0.842. The first kappa shape index (κ1) is 17.3. The predicted molar refractivity (Wildman–Crippen MR) is 87.5 cm³/mol. The molecule has 1 fully saturated rings. The van der Waals surface area contributed by atoms with E-state index in [2.05, 4.69) is 14.4 Å². The minimum Gasteiger partial charge on any atom is -0.464 e. The number of nitrogens with one attached hydrogen (secondary N) is 1. The lowest BCUT2D eigenvalue weighted by Gasteiger charge is -2.25. The first-order valence-corrected chi connectivity index (χ1v) is 8.40. The molecule has 1 aliphatic rings. The number of carbonyl (C=O) groups excluding carboxylic acids is 2. The van der Waals surface area contributed by atoms with Crippen LogP contribution < -0.4 is 5.32 Å². The molecule has 132 valence electrons. The Labute approximate surface area is 146 Å². The highest BCUT2D eigenvalue weighted by molar-refractivity contribution is 7.04. The van der Waals surface area contributed by atoms with Crippen LogP contribution in [0.5, 0.6) is 0 Å². The van der Waals surface area contributed by atoms with Crippen molar-refractivity contribution < 1.29 is 23.1 Å². The van der Waals surface area contributed by atoms with Gasteiger partial charge in [0.2, 0.25) is 0 Å². The maximum atomic E-state index is 14.1. The fourth-order valence-corrected chi connectivity index (χ4v) is 3.47. The zero-order valence-corrected chi connectivity index (χ0v) is 14.1. The Kier molecular flexibility index (Phi) is 4.93. The van der Waals surface area contributed by atoms with Crippen molar-refractivity contribution in [1.29, 1.82) is 0 Å². The third-order valence-electron chi connectivity index (χ3n) is 4.02. The third-order valence-corrected chi connectivity index (χ3v) is 4.65. The number of anilines is 1. The lowest BCUT2D eigenvalue weighted by atomic mass is 10.0. The van der Waals surface area contributed by atoms with Gasteiger partial charge in [0.05, 0.1) is 18.8 Å². The van der Waals surface area contributed by atoms with Crippen molar-refractivity contribution in [3.05, 3.63) is 46.5 Å². The molecule has 0 aliphatic carbocycles. The molecule has 0 spiro atoms. The van der Waals surface area contributed by atoms with Gasteiger partial charge < -0.3 is 15.0 Å². The molecule has 0 bridgehead atoms. The zero-order chi connectivity index (χ0) is 18.0. The van der Waals surface area contributed by atoms with Crippen molar-refractivity contribution in [2.75, 3.05) is 19.0 Å². The number of amides is 2. The van der Waals surface area contributed by atoms with Crippen LogP contribution in [0.2, 0.25) is 0 Å². The number of halogens is 2. The van der Waals surface area contributed by atoms with Crippen LogP contribution in [0.4, 0.5) is 19.3 Å². The van der Waals surface area contributed by atoms with Crippen molar-refractivity contribution in [2.45, 2.75) is 18.9 Å². The summed E-state index contributed by atoms with van der Waals surface area (Å²) in [4.78, 5) is 25.6. The summed E-state index contributed by atoms with van der Waals surface area (Å²) >= 11 is 1.00. The van der Waals surface area contributed by atoms with Crippen LogP contribution in [-0.2, 0) is 4.74 Å². The zero-order valence-electron chi connectivity index (χ0n) is 13.3. The van der Waals surface area contributed by atoms with Crippen LogP contribution in [0.1, 0.15) is 34.9 Å². The molecule has 1 unspecified atom stereocenters. The second-order valence-corrected chi connectivity index (χ2v) is 6.14. The Balaban J connectivity index is 1.81. The molecule has 1 aromatic carbocycles. The number of methoxy groups -OCH3 is 1. The summed E-state index contributed by atoms with van der Waals surface area (Å²) in [6, 6.07) is 2.13. The van der Waals surface area contributed by atoms with Gasteiger partial charge in [-0.2, -0.15) is 4.37 Å². The second-order valence-electron chi connectivity index (χ2n) is 5.52. The molecular weight excluding hydrogens is 352 g/mol. The number of nitrogens with zero attached hydrogens (tertiary/aromatic N) is 2. The van der Waals surface area contributed by atoms with E-state index in [-0.39, 0.29) is 16.9 Å². The van der Waals surface area contributed by atoms with Crippen molar-refractivity contribution >= 4 is 29.2 Å². The average Bonchev–Trinajstić information content (AvgIpc) is 3.25. The summed E-state index contributed by atoms with van der Waals surface area (Å²) < 4.78 is 36.0. The molecule has 1 atom stereocenters. The Morgan fingerprint density at radius 2 is 2.20 bits per heavy atom. The van der Waals surface area contributed by atoms with E-state index in [1.54, 1.807) is 0 Å². The fraction of sp³-hybridized carbons (Fsp3) is 0.312. The molecule has 3 rings (SSSR count). The van der Waals surface area contributed by atoms with Gasteiger partial charge in [-0.1, -0.05) is 0 Å². The number of hydrogen-bond acceptors (Lipinski definition) is 5. The predicted octanol–water partition coefficient (Wildman–Crippen LogP) is 3.58. The first-order chi connectivity index (χ1) is 12.0. The first-order valence-electron chi connectivity index (χ1n) is 7.56. The van der Waals surface area contributed by atoms with Crippen molar-refractivity contribution in [3.63, 3.8) is 0 Å². The Bertz CT molecular complexity index is 812. The molecule has 0 saturated carbocycles. The normalized spacial score (nSPS) is 16.8. The summed E-state index contributed by atoms with van der Waals surface area (Å²) in [5, 5.41) is 4.11. The van der Waals surface area contributed by atoms with Gasteiger partial charge >= 0.3 is 12.0 Å². The van der Waals surface area contributed by atoms with Gasteiger partial charge in [0.25, 0.3) is 0 Å². The van der Waals surface area contributed by atoms with E-state index in [9.17, 15) is 18.4 Å². The molecule has 1 aliphatic heterocycles. The van der Waals surface area contributed by atoms with E-state index in [0.29, 0.717) is 19.4 Å². The number of rotatable bonds is 3. The monoisotopic (exact) mass is 367 g/mol. The summed E-state index contributed by atoms with van der Waals surface area (Å²) in [6.07, 6.45) is 1.19. The van der Waals surface area contributed by atoms with E-state index >= 15 is 0 Å². The minimum absolute atomic E-state index is 0.00790. The number of esters is 1. The largest absolute Gasteiger partial charge is 0.464 e. The Hall–Kier alpha value is -2.55. The molecule has 2 amide bonds. The molecule has 2 aromatic rings. The maximum absolute atomic E-state index is 14.1. The topological polar surface area (TPSA) is 71.5 Å². The van der Waals surface area contributed by atoms with Gasteiger partial charge in [-0.05, 0) is 42.6 Å². The van der Waals surface area contributed by atoms with E-state index in [0.717, 1.165) is 29.7 Å². The Morgan fingerprint density at radius 3 is 2.96 bits per heavy atom. The molecule has 1 saturated heterocycles. The summed E-state index contributed by atoms with van der Waals surface area (Å²) in [6.45, 7) is 0.400. The number of benzene rings is 1. The molecular formula is C16H15F2N3O3S. The molecule has 25 heavy (non-hydrogen) atoms. The molecule has 1 aromatic heterocycles. The maximum Gasteiger partial charge on any atom is 0.359 e. The van der Waals surface area contributed by atoms with Crippen LogP contribution in [0.3, 0.4) is 0 Å². The lowest BCUT2D eigenvalue weighted by molar-refractivity contribution is 0.0596. The molecule has 2 heterocycles. The SMILES string of the molecule is COC(=O)c1nscc1NC(=O)N1CCCC1c1cc(F)ccc1F. The molecule has 9 heteroatoms. The summed E-state index contributed by atoms with van der Waals surface area (Å²) in [7, 11) is 1.22. The van der Waals surface area contributed by atoms with Gasteiger partial charge in [0, 0.05) is 17.5 Å². The van der Waals surface area contributed by atoms with E-state index in [4.69, 9.17) is 0 Å². The lowest BCUT2D eigenvalue weighted by Crippen LogP contribution is -2.35. The van der Waals surface area contributed by atoms with E-state index < -0.39 is 29.7 Å². The number of urea groups is 1. The standard InChI is InChI=1S/C16H15F2N3O3S/c1-24-15(22)14-12(8-25-20-14)19-16(23)21-6-2-3-13(21)10-7-9(17)4-5-11(10)18/h4-5,7-8,13H,2-3,6H2,1H3,(H,19,23). The van der Waals surface area contributed by atoms with Gasteiger partial charge in [0.1, 0.15) is 11.6 Å². The smallest absolute Gasteiger partial charge is 0.359 e. The minimum atomic E-state index is -0.661. The van der Waals surface area contributed by atoms with Gasteiger partial charge in [-0.15, -0.1) is 0 Å². The van der Waals surface area contributed by atoms with Gasteiger partial charge in [-0.3, -0.25) is 0 Å². The summed E-state index contributed by atoms with van der Waals surface area (Å²) in [5.41, 5.74) is 0.380. The molecule has 1 N–H and O–H groups in total. The molecule has 0 radical (unpaired) electrons. The highest BCUT2D eigenvalue weighted by atomic mass is 32.1. The Morgan fingerprint density at radius 1 is 1.40 bits per heavy atom. The molecule has 6 nitrogen and oxygen atoms in total. The number of carbonyl (C=O) groups is 2. The van der Waals surface area contributed by atoms with Crippen molar-refractivity contribution in [2.24, 2.45) is 0 Å². The number of ether oxygens (including phenoxy) is 1. The van der Waals surface area contributed by atoms with Crippen LogP contribution in [-0.4, -0.2) is 34.9 Å². The third kappa shape index (κ3) is 3.46. The average molecular weight is 367 g/mol. The number of hydrogen-bond donors (Lipinski definition) is 1. The highest BCUT2D eigenvalue weighted by Gasteiger charge is 2.32. The number of aromatic nitrogens is 1. The van der Waals surface area contributed by atoms with Crippen LogP contribution in [0.25, 0.3) is 0 Å². The second kappa shape index (κ2) is 7.14. The number of likely N-dealkylation sites (tertiary alicyclic amines) is 1. The van der Waals surface area contributed by atoms with Crippen LogP contribution >= 0.6 is 11.5 Å².